The molecule has 0 saturated heterocycles. The Bertz CT molecular complexity index is 337. The summed E-state index contributed by atoms with van der Waals surface area (Å²) in [6.45, 7) is 3.14. The molecule has 1 aromatic carbocycles. The number of aryl methyl sites for hydroxylation is 1. The van der Waals surface area contributed by atoms with E-state index in [4.69, 9.17) is 4.74 Å². The predicted molar refractivity (Wildman–Crippen MR) is 66.6 cm³/mol. The van der Waals surface area contributed by atoms with Gasteiger partial charge in [0.2, 0.25) is 0 Å². The van der Waals surface area contributed by atoms with Crippen LogP contribution in [0.25, 0.3) is 0 Å². The molecular weight excluding hydrogens is 198 g/mol. The maximum absolute atomic E-state index is 5.63. The summed E-state index contributed by atoms with van der Waals surface area (Å²) in [4.78, 5) is 0. The summed E-state index contributed by atoms with van der Waals surface area (Å²) in [7, 11) is 1.82. The SMILES string of the molecule is CCNC1c2ccccc2CCCC1OC. The second kappa shape index (κ2) is 5.46. The molecule has 2 rings (SSSR count). The lowest BCUT2D eigenvalue weighted by atomic mass is 9.97. The quantitative estimate of drug-likeness (QED) is 0.789. The van der Waals surface area contributed by atoms with Crippen LogP contribution in [0.4, 0.5) is 0 Å². The van der Waals surface area contributed by atoms with Crippen LogP contribution in [-0.2, 0) is 11.2 Å². The first-order valence-corrected chi connectivity index (χ1v) is 6.20. The zero-order chi connectivity index (χ0) is 11.4. The Hall–Kier alpha value is -0.860. The molecule has 0 heterocycles. The van der Waals surface area contributed by atoms with Crippen LogP contribution < -0.4 is 5.32 Å². The van der Waals surface area contributed by atoms with Crippen molar-refractivity contribution in [3.05, 3.63) is 35.4 Å². The van der Waals surface area contributed by atoms with Gasteiger partial charge in [0.1, 0.15) is 0 Å². The number of fused-ring (bicyclic) bond motifs is 1. The van der Waals surface area contributed by atoms with Crippen molar-refractivity contribution in [2.45, 2.75) is 38.3 Å². The van der Waals surface area contributed by atoms with Crippen molar-refractivity contribution in [1.29, 1.82) is 0 Å². The molecule has 0 bridgehead atoms. The number of nitrogens with one attached hydrogen (secondary N) is 1. The van der Waals surface area contributed by atoms with Gasteiger partial charge in [0.15, 0.2) is 0 Å². The highest BCUT2D eigenvalue weighted by Gasteiger charge is 2.26. The summed E-state index contributed by atoms with van der Waals surface area (Å²) in [6, 6.07) is 9.10. The van der Waals surface area contributed by atoms with E-state index in [2.05, 4.69) is 36.5 Å². The average molecular weight is 219 g/mol. The Morgan fingerprint density at radius 2 is 2.19 bits per heavy atom. The molecule has 88 valence electrons. The van der Waals surface area contributed by atoms with Crippen molar-refractivity contribution in [1.82, 2.24) is 5.32 Å². The smallest absolute Gasteiger partial charge is 0.0766 e. The van der Waals surface area contributed by atoms with Gasteiger partial charge < -0.3 is 10.1 Å². The van der Waals surface area contributed by atoms with Gasteiger partial charge in [-0.2, -0.15) is 0 Å². The van der Waals surface area contributed by atoms with Gasteiger partial charge in [-0.05, 0) is 36.9 Å². The van der Waals surface area contributed by atoms with Crippen LogP contribution in [0.5, 0.6) is 0 Å². The molecule has 1 aromatic rings. The molecule has 0 aromatic heterocycles. The highest BCUT2D eigenvalue weighted by molar-refractivity contribution is 5.32. The molecular formula is C14H21NO. The topological polar surface area (TPSA) is 21.3 Å². The summed E-state index contributed by atoms with van der Waals surface area (Å²) in [6.07, 6.45) is 3.85. The Morgan fingerprint density at radius 1 is 1.38 bits per heavy atom. The lowest BCUT2D eigenvalue weighted by Crippen LogP contribution is -2.32. The molecule has 1 N–H and O–H groups in total. The van der Waals surface area contributed by atoms with E-state index < -0.39 is 0 Å². The van der Waals surface area contributed by atoms with Gasteiger partial charge >= 0.3 is 0 Å². The van der Waals surface area contributed by atoms with Crippen LogP contribution in [-0.4, -0.2) is 19.8 Å². The van der Waals surface area contributed by atoms with Crippen LogP contribution >= 0.6 is 0 Å². The molecule has 2 heteroatoms. The van der Waals surface area contributed by atoms with E-state index in [1.165, 1.54) is 24.0 Å². The molecule has 2 unspecified atom stereocenters. The lowest BCUT2D eigenvalue weighted by molar-refractivity contribution is 0.0627. The molecule has 0 aliphatic heterocycles. The first-order valence-electron chi connectivity index (χ1n) is 6.20. The van der Waals surface area contributed by atoms with Crippen molar-refractivity contribution in [2.75, 3.05) is 13.7 Å². The number of ether oxygens (including phenoxy) is 1. The van der Waals surface area contributed by atoms with Crippen LogP contribution in [0.1, 0.15) is 36.9 Å². The Balaban J connectivity index is 2.33. The van der Waals surface area contributed by atoms with Crippen molar-refractivity contribution in [3.8, 4) is 0 Å². The highest BCUT2D eigenvalue weighted by atomic mass is 16.5. The van der Waals surface area contributed by atoms with E-state index in [1.54, 1.807) is 0 Å². The number of hydrogen-bond acceptors (Lipinski definition) is 2. The van der Waals surface area contributed by atoms with E-state index in [1.807, 2.05) is 7.11 Å². The standard InChI is InChI=1S/C14H21NO/c1-3-15-14-12-9-5-4-7-11(12)8-6-10-13(14)16-2/h4-5,7,9,13-15H,3,6,8,10H2,1-2H3. The van der Waals surface area contributed by atoms with Crippen LogP contribution in [0.2, 0.25) is 0 Å². The zero-order valence-corrected chi connectivity index (χ0v) is 10.2. The summed E-state index contributed by atoms with van der Waals surface area (Å²) in [5.41, 5.74) is 2.90. The van der Waals surface area contributed by atoms with Gasteiger partial charge in [0, 0.05) is 7.11 Å². The summed E-state index contributed by atoms with van der Waals surface area (Å²) < 4.78 is 5.63. The molecule has 2 nitrogen and oxygen atoms in total. The number of methoxy groups -OCH3 is 1. The fourth-order valence-corrected chi connectivity index (χ4v) is 2.64. The molecule has 1 aliphatic rings. The average Bonchev–Trinajstić information content (AvgIpc) is 2.50. The molecule has 0 fully saturated rings. The third-order valence-corrected chi connectivity index (χ3v) is 3.42. The number of hydrogen-bond donors (Lipinski definition) is 1. The second-order valence-corrected chi connectivity index (χ2v) is 4.40. The normalized spacial score (nSPS) is 24.9. The van der Waals surface area contributed by atoms with Crippen molar-refractivity contribution in [3.63, 3.8) is 0 Å². The summed E-state index contributed by atoms with van der Waals surface area (Å²) >= 11 is 0. The van der Waals surface area contributed by atoms with E-state index in [0.29, 0.717) is 12.1 Å². The number of likely N-dealkylation sites (N-methyl/N-ethyl adjacent to an activating group) is 1. The van der Waals surface area contributed by atoms with Gasteiger partial charge in [-0.25, -0.2) is 0 Å². The monoisotopic (exact) mass is 219 g/mol. The van der Waals surface area contributed by atoms with Gasteiger partial charge in [-0.15, -0.1) is 0 Å². The van der Waals surface area contributed by atoms with Crippen molar-refractivity contribution >= 4 is 0 Å². The van der Waals surface area contributed by atoms with Crippen molar-refractivity contribution in [2.24, 2.45) is 0 Å². The molecule has 0 radical (unpaired) electrons. The fourth-order valence-electron chi connectivity index (χ4n) is 2.64. The maximum atomic E-state index is 5.63. The summed E-state index contributed by atoms with van der Waals surface area (Å²) in [5, 5.41) is 3.56. The molecule has 0 spiro atoms. The zero-order valence-electron chi connectivity index (χ0n) is 10.2. The van der Waals surface area contributed by atoms with Gasteiger partial charge in [-0.1, -0.05) is 31.2 Å². The first kappa shape index (κ1) is 11.6. The second-order valence-electron chi connectivity index (χ2n) is 4.40. The number of benzene rings is 1. The van der Waals surface area contributed by atoms with E-state index in [9.17, 15) is 0 Å². The van der Waals surface area contributed by atoms with Gasteiger partial charge in [0.05, 0.1) is 12.1 Å². The minimum atomic E-state index is 0.309. The third-order valence-electron chi connectivity index (χ3n) is 3.42. The van der Waals surface area contributed by atoms with E-state index in [-0.39, 0.29) is 0 Å². The molecule has 1 aliphatic carbocycles. The Labute approximate surface area is 98.0 Å². The maximum Gasteiger partial charge on any atom is 0.0766 e. The molecule has 0 amide bonds. The van der Waals surface area contributed by atoms with Crippen LogP contribution in [0, 0.1) is 0 Å². The highest BCUT2D eigenvalue weighted by Crippen LogP contribution is 2.30. The Morgan fingerprint density at radius 3 is 2.94 bits per heavy atom. The molecule has 16 heavy (non-hydrogen) atoms. The first-order chi connectivity index (χ1) is 7.86. The van der Waals surface area contributed by atoms with Crippen LogP contribution in [0.3, 0.4) is 0 Å². The minimum absolute atomic E-state index is 0.309. The summed E-state index contributed by atoms with van der Waals surface area (Å²) in [5.74, 6) is 0. The third kappa shape index (κ3) is 2.28. The van der Waals surface area contributed by atoms with E-state index >= 15 is 0 Å². The largest absolute Gasteiger partial charge is 0.379 e. The van der Waals surface area contributed by atoms with Gasteiger partial charge in [-0.3, -0.25) is 0 Å². The minimum Gasteiger partial charge on any atom is -0.379 e. The number of rotatable bonds is 3. The van der Waals surface area contributed by atoms with E-state index in [0.717, 1.165) is 13.0 Å². The van der Waals surface area contributed by atoms with Crippen molar-refractivity contribution < 1.29 is 4.74 Å². The Kier molecular flexibility index (Phi) is 3.97. The fraction of sp³-hybridized carbons (Fsp3) is 0.571. The molecule has 0 saturated carbocycles. The van der Waals surface area contributed by atoms with Crippen LogP contribution in [0.15, 0.2) is 24.3 Å². The predicted octanol–water partition coefficient (Wildman–Crippen LogP) is 2.69. The lowest BCUT2D eigenvalue weighted by Gasteiger charge is -2.26. The van der Waals surface area contributed by atoms with Gasteiger partial charge in [0.25, 0.3) is 0 Å². The molecule has 2 atom stereocenters.